The van der Waals surface area contributed by atoms with Crippen LogP contribution in [-0.2, 0) is 22.4 Å². The third-order valence-electron chi connectivity index (χ3n) is 9.37. The first-order valence-corrected chi connectivity index (χ1v) is 17.3. The van der Waals surface area contributed by atoms with Crippen molar-refractivity contribution in [1.29, 1.82) is 0 Å². The lowest BCUT2D eigenvalue weighted by atomic mass is 9.70. The van der Waals surface area contributed by atoms with Crippen LogP contribution in [0, 0.1) is 30.1 Å². The average molecular weight is 591 g/mol. The zero-order chi connectivity index (χ0) is 32.5. The molecule has 0 bridgehead atoms. The molecule has 0 aliphatic heterocycles. The Balaban J connectivity index is 0.00000206. The number of hydrogen-bond acceptors (Lipinski definition) is 3. The molecule has 3 nitrogen and oxygen atoms in total. The molecule has 0 saturated carbocycles. The summed E-state index contributed by atoms with van der Waals surface area (Å²) in [5.74, 6) is 1.06. The Morgan fingerprint density at radius 2 is 1.67 bits per heavy atom. The molecule has 3 heteroatoms. The molecule has 0 fully saturated rings. The van der Waals surface area contributed by atoms with Gasteiger partial charge in [-0.15, -0.1) is 0 Å². The number of carbonyl (C=O) groups is 3. The van der Waals surface area contributed by atoms with E-state index in [0.29, 0.717) is 12.3 Å². The van der Waals surface area contributed by atoms with E-state index in [1.807, 2.05) is 0 Å². The molecule has 1 aromatic rings. The molecule has 0 aromatic heterocycles. The van der Waals surface area contributed by atoms with Crippen molar-refractivity contribution in [1.82, 2.24) is 0 Å². The Bertz CT molecular complexity index is 1190. The molecule has 0 N–H and O–H groups in total. The molecule has 3 atom stereocenters. The van der Waals surface area contributed by atoms with Crippen LogP contribution in [0.25, 0.3) is 0 Å². The summed E-state index contributed by atoms with van der Waals surface area (Å²) in [5, 5.41) is 0. The molecule has 0 amide bonds. The maximum absolute atomic E-state index is 13.8. The molecule has 1 aromatic carbocycles. The van der Waals surface area contributed by atoms with Crippen LogP contribution in [-0.4, -0.2) is 17.3 Å². The van der Waals surface area contributed by atoms with Crippen molar-refractivity contribution in [2.45, 2.75) is 153 Å². The van der Waals surface area contributed by atoms with Crippen molar-refractivity contribution in [2.24, 2.45) is 23.2 Å². The van der Waals surface area contributed by atoms with Crippen LogP contribution in [0.5, 0.6) is 0 Å². The van der Waals surface area contributed by atoms with Crippen LogP contribution >= 0.6 is 0 Å². The Hall–Kier alpha value is -2.29. The van der Waals surface area contributed by atoms with Gasteiger partial charge in [-0.3, -0.25) is 14.4 Å². The Morgan fingerprint density at radius 3 is 2.19 bits per heavy atom. The lowest BCUT2D eigenvalue weighted by molar-refractivity contribution is -0.129. The summed E-state index contributed by atoms with van der Waals surface area (Å²) in [6.07, 6.45) is 14.2. The maximum atomic E-state index is 13.8. The second-order valence-corrected chi connectivity index (χ2v) is 14.7. The number of carbonyl (C=O) groups excluding carboxylic acids is 3. The van der Waals surface area contributed by atoms with Crippen molar-refractivity contribution < 1.29 is 14.4 Å². The molecule has 2 aliphatic carbocycles. The molecular weight excluding hydrogens is 528 g/mol. The fraction of sp³-hybridized carbons (Fsp3) is 0.675. The number of allylic oxidation sites excluding steroid dienone is 4. The highest BCUT2D eigenvalue weighted by atomic mass is 16.1. The van der Waals surface area contributed by atoms with Gasteiger partial charge >= 0.3 is 0 Å². The maximum Gasteiger partial charge on any atom is 0.163 e. The summed E-state index contributed by atoms with van der Waals surface area (Å²) >= 11 is 0. The predicted molar refractivity (Wildman–Crippen MR) is 183 cm³/mol. The van der Waals surface area contributed by atoms with E-state index in [4.69, 9.17) is 0 Å². The van der Waals surface area contributed by atoms with Gasteiger partial charge in [0.2, 0.25) is 0 Å². The minimum absolute atomic E-state index is 0.0368. The zero-order valence-electron chi connectivity index (χ0n) is 29.5. The molecule has 0 radical (unpaired) electrons. The van der Waals surface area contributed by atoms with E-state index in [-0.39, 0.29) is 46.9 Å². The number of fused-ring (bicyclic) bond motifs is 1. The van der Waals surface area contributed by atoms with Gasteiger partial charge in [-0.25, -0.2) is 0 Å². The second kappa shape index (κ2) is 16.7. The lowest BCUT2D eigenvalue weighted by Crippen LogP contribution is -2.30. The predicted octanol–water partition coefficient (Wildman–Crippen LogP) is 10.9. The standard InChI is InChI=1S/C37H54O3.C3H8/c1-10-12-29(31(11-2)34(39)17-24(5)38)18-27-20-33-32(23(3)4)22-28(25(6)36(33)35(40)21-27)15-13-26-14-16-30(19-26)37(7,8)9;1-3-2/h16,19,22-23,27,29,31H,10-15,17-18,20-21H2,1-9H3;3H2,1-2H3. The van der Waals surface area contributed by atoms with E-state index in [1.54, 1.807) is 0 Å². The zero-order valence-corrected chi connectivity index (χ0v) is 29.5. The highest BCUT2D eigenvalue weighted by Gasteiger charge is 2.34. The number of rotatable bonds is 13. The van der Waals surface area contributed by atoms with Crippen LogP contribution in [0.4, 0.5) is 0 Å². The van der Waals surface area contributed by atoms with Gasteiger partial charge in [0.05, 0.1) is 6.42 Å². The number of Topliss-reactive ketones (excluding diaryl/α,β-unsaturated/α-hetero) is 3. The van der Waals surface area contributed by atoms with E-state index in [2.05, 4.69) is 87.5 Å². The summed E-state index contributed by atoms with van der Waals surface area (Å²) in [4.78, 5) is 38.4. The fourth-order valence-corrected chi connectivity index (χ4v) is 7.23. The summed E-state index contributed by atoms with van der Waals surface area (Å²) in [6.45, 7) is 23.5. The second-order valence-electron chi connectivity index (χ2n) is 14.7. The third kappa shape index (κ3) is 10.1. The Kier molecular flexibility index (Phi) is 14.3. The van der Waals surface area contributed by atoms with Crippen molar-refractivity contribution in [2.75, 3.05) is 0 Å². The third-order valence-corrected chi connectivity index (χ3v) is 9.37. The van der Waals surface area contributed by atoms with Crippen molar-refractivity contribution in [3.05, 3.63) is 57.2 Å². The SMILES string of the molecule is CCC.CCCC(CC1CC(=O)c2c(C)c(CCC3=CC(C(C)(C)C)=CC3)cc(C(C)C)c2C1)C(CC)C(=O)CC(C)=O. The molecule has 0 saturated heterocycles. The number of hydrogen-bond donors (Lipinski definition) is 0. The van der Waals surface area contributed by atoms with E-state index >= 15 is 0 Å². The van der Waals surface area contributed by atoms with Crippen LogP contribution in [0.3, 0.4) is 0 Å². The molecule has 3 rings (SSSR count). The largest absolute Gasteiger partial charge is 0.300 e. The molecular formula is C40H62O3. The minimum Gasteiger partial charge on any atom is -0.300 e. The smallest absolute Gasteiger partial charge is 0.163 e. The molecule has 43 heavy (non-hydrogen) atoms. The van der Waals surface area contributed by atoms with Crippen LogP contribution in [0.15, 0.2) is 29.4 Å². The minimum atomic E-state index is -0.0905. The number of ketones is 3. The first-order chi connectivity index (χ1) is 20.2. The van der Waals surface area contributed by atoms with Gasteiger partial charge in [-0.2, -0.15) is 0 Å². The van der Waals surface area contributed by atoms with Crippen LogP contribution < -0.4 is 0 Å². The lowest BCUT2D eigenvalue weighted by Gasteiger charge is -2.33. The molecule has 0 spiro atoms. The molecule has 2 aliphatic rings. The van der Waals surface area contributed by atoms with Crippen LogP contribution in [0.2, 0.25) is 0 Å². The van der Waals surface area contributed by atoms with Gasteiger partial charge in [-0.05, 0) is 103 Å². The van der Waals surface area contributed by atoms with E-state index in [0.717, 1.165) is 56.9 Å². The van der Waals surface area contributed by atoms with Crippen molar-refractivity contribution >= 4 is 17.3 Å². The first-order valence-electron chi connectivity index (χ1n) is 17.3. The fourth-order valence-electron chi connectivity index (χ4n) is 7.23. The molecule has 3 unspecified atom stereocenters. The van der Waals surface area contributed by atoms with Crippen LogP contribution in [0.1, 0.15) is 166 Å². The Morgan fingerprint density at radius 1 is 1.02 bits per heavy atom. The topological polar surface area (TPSA) is 51.2 Å². The highest BCUT2D eigenvalue weighted by Crippen LogP contribution is 2.41. The van der Waals surface area contributed by atoms with Crippen molar-refractivity contribution in [3.63, 3.8) is 0 Å². The summed E-state index contributed by atoms with van der Waals surface area (Å²) in [6, 6.07) is 2.40. The van der Waals surface area contributed by atoms with Gasteiger partial charge < -0.3 is 0 Å². The summed E-state index contributed by atoms with van der Waals surface area (Å²) in [7, 11) is 0. The normalized spacial score (nSPS) is 18.0. The average Bonchev–Trinajstić information content (AvgIpc) is 3.38. The summed E-state index contributed by atoms with van der Waals surface area (Å²) in [5.41, 5.74) is 9.18. The van der Waals surface area contributed by atoms with Gasteiger partial charge in [0, 0.05) is 17.9 Å². The highest BCUT2D eigenvalue weighted by molar-refractivity contribution is 6.01. The monoisotopic (exact) mass is 590 g/mol. The van der Waals surface area contributed by atoms with E-state index in [9.17, 15) is 14.4 Å². The Labute approximate surface area is 264 Å². The van der Waals surface area contributed by atoms with Gasteiger partial charge in [-0.1, -0.05) is 105 Å². The quantitative estimate of drug-likeness (QED) is 0.215. The van der Waals surface area contributed by atoms with Gasteiger partial charge in [0.25, 0.3) is 0 Å². The molecule has 0 heterocycles. The van der Waals surface area contributed by atoms with Gasteiger partial charge in [0.15, 0.2) is 5.78 Å². The number of aryl methyl sites for hydroxylation is 1. The molecule has 240 valence electrons. The van der Waals surface area contributed by atoms with E-state index < -0.39 is 0 Å². The van der Waals surface area contributed by atoms with E-state index in [1.165, 1.54) is 46.7 Å². The van der Waals surface area contributed by atoms with Gasteiger partial charge in [0.1, 0.15) is 11.6 Å². The number of benzene rings is 1. The first kappa shape index (κ1) is 36.9. The van der Waals surface area contributed by atoms with Crippen molar-refractivity contribution in [3.8, 4) is 0 Å². The summed E-state index contributed by atoms with van der Waals surface area (Å²) < 4.78 is 0.